The molecule has 0 atom stereocenters. The Labute approximate surface area is 120 Å². The standard InChI is InChI=1S/C16H22N4/c17-7-11-19-9-3-10-20(13-12-19)16-6-8-18-15-5-2-1-4-14(15)16/h1-2,4-6,8H,3,7,9-13,17H2. The Morgan fingerprint density at radius 1 is 1.05 bits per heavy atom. The number of hydrogen-bond acceptors (Lipinski definition) is 4. The van der Waals surface area contributed by atoms with Gasteiger partial charge in [-0.15, -0.1) is 0 Å². The van der Waals surface area contributed by atoms with Crippen LogP contribution in [0.2, 0.25) is 0 Å². The van der Waals surface area contributed by atoms with E-state index in [9.17, 15) is 0 Å². The van der Waals surface area contributed by atoms with Gasteiger partial charge in [-0.3, -0.25) is 4.98 Å². The van der Waals surface area contributed by atoms with Gasteiger partial charge in [0, 0.05) is 50.0 Å². The van der Waals surface area contributed by atoms with Crippen molar-refractivity contribution in [2.75, 3.05) is 44.2 Å². The van der Waals surface area contributed by atoms with Crippen molar-refractivity contribution in [2.45, 2.75) is 6.42 Å². The first-order valence-electron chi connectivity index (χ1n) is 7.39. The van der Waals surface area contributed by atoms with Crippen LogP contribution in [-0.4, -0.2) is 49.2 Å². The molecule has 0 saturated carbocycles. The summed E-state index contributed by atoms with van der Waals surface area (Å²) in [5.74, 6) is 0. The molecule has 4 heteroatoms. The Kier molecular flexibility index (Phi) is 4.14. The highest BCUT2D eigenvalue weighted by Crippen LogP contribution is 2.25. The van der Waals surface area contributed by atoms with E-state index < -0.39 is 0 Å². The summed E-state index contributed by atoms with van der Waals surface area (Å²) in [5.41, 5.74) is 8.05. The van der Waals surface area contributed by atoms with Gasteiger partial charge in [0.2, 0.25) is 0 Å². The van der Waals surface area contributed by atoms with Crippen LogP contribution in [0.15, 0.2) is 36.5 Å². The first-order chi connectivity index (χ1) is 9.88. The predicted octanol–water partition coefficient (Wildman–Crippen LogP) is 1.71. The van der Waals surface area contributed by atoms with Crippen LogP contribution in [0, 0.1) is 0 Å². The van der Waals surface area contributed by atoms with Crippen molar-refractivity contribution < 1.29 is 0 Å². The van der Waals surface area contributed by atoms with E-state index in [0.29, 0.717) is 0 Å². The molecule has 0 unspecified atom stereocenters. The number of para-hydroxylation sites is 1. The number of pyridine rings is 1. The number of nitrogens with two attached hydrogens (primary N) is 1. The van der Waals surface area contributed by atoms with Crippen LogP contribution < -0.4 is 10.6 Å². The highest BCUT2D eigenvalue weighted by molar-refractivity contribution is 5.91. The van der Waals surface area contributed by atoms with E-state index in [1.807, 2.05) is 12.3 Å². The van der Waals surface area contributed by atoms with E-state index in [-0.39, 0.29) is 0 Å². The minimum absolute atomic E-state index is 0.748. The molecule has 1 aromatic heterocycles. The second-order valence-electron chi connectivity index (χ2n) is 5.32. The van der Waals surface area contributed by atoms with E-state index in [1.165, 1.54) is 17.5 Å². The van der Waals surface area contributed by atoms with Gasteiger partial charge in [-0.2, -0.15) is 0 Å². The largest absolute Gasteiger partial charge is 0.370 e. The maximum atomic E-state index is 5.67. The zero-order valence-corrected chi connectivity index (χ0v) is 11.8. The van der Waals surface area contributed by atoms with Crippen molar-refractivity contribution in [3.05, 3.63) is 36.5 Å². The van der Waals surface area contributed by atoms with Gasteiger partial charge >= 0.3 is 0 Å². The number of fused-ring (bicyclic) bond motifs is 1. The van der Waals surface area contributed by atoms with Gasteiger partial charge in [0.25, 0.3) is 0 Å². The third-order valence-electron chi connectivity index (χ3n) is 4.00. The lowest BCUT2D eigenvalue weighted by molar-refractivity contribution is 0.302. The Bertz CT molecular complexity index is 564. The fourth-order valence-electron chi connectivity index (χ4n) is 2.97. The fraction of sp³-hybridized carbons (Fsp3) is 0.438. The normalized spacial score (nSPS) is 17.4. The van der Waals surface area contributed by atoms with Crippen LogP contribution >= 0.6 is 0 Å². The molecule has 1 aromatic carbocycles. The van der Waals surface area contributed by atoms with Crippen molar-refractivity contribution in [3.63, 3.8) is 0 Å². The lowest BCUT2D eigenvalue weighted by atomic mass is 10.1. The number of aromatic nitrogens is 1. The molecule has 0 amide bonds. The highest BCUT2D eigenvalue weighted by atomic mass is 15.2. The van der Waals surface area contributed by atoms with Gasteiger partial charge in [0.15, 0.2) is 0 Å². The summed E-state index contributed by atoms with van der Waals surface area (Å²) in [6.45, 7) is 6.16. The van der Waals surface area contributed by atoms with Crippen molar-refractivity contribution in [1.29, 1.82) is 0 Å². The van der Waals surface area contributed by atoms with E-state index in [2.05, 4.69) is 39.0 Å². The van der Waals surface area contributed by atoms with Crippen LogP contribution in [0.25, 0.3) is 10.9 Å². The molecule has 1 fully saturated rings. The van der Waals surface area contributed by atoms with E-state index in [4.69, 9.17) is 5.73 Å². The molecular formula is C16H22N4. The van der Waals surface area contributed by atoms with Crippen LogP contribution in [0.3, 0.4) is 0 Å². The maximum absolute atomic E-state index is 5.67. The van der Waals surface area contributed by atoms with E-state index in [0.717, 1.165) is 44.8 Å². The summed E-state index contributed by atoms with van der Waals surface area (Å²) in [7, 11) is 0. The molecular weight excluding hydrogens is 248 g/mol. The van der Waals surface area contributed by atoms with E-state index >= 15 is 0 Å². The monoisotopic (exact) mass is 270 g/mol. The zero-order valence-electron chi connectivity index (χ0n) is 11.8. The Balaban J connectivity index is 1.84. The maximum Gasteiger partial charge on any atom is 0.0722 e. The molecule has 1 aliphatic heterocycles. The quantitative estimate of drug-likeness (QED) is 0.922. The van der Waals surface area contributed by atoms with Gasteiger partial charge in [-0.25, -0.2) is 0 Å². The average molecular weight is 270 g/mol. The highest BCUT2D eigenvalue weighted by Gasteiger charge is 2.16. The van der Waals surface area contributed by atoms with Crippen LogP contribution in [-0.2, 0) is 0 Å². The summed E-state index contributed by atoms with van der Waals surface area (Å²) >= 11 is 0. The molecule has 2 aromatic rings. The third kappa shape index (κ3) is 2.76. The second kappa shape index (κ2) is 6.20. The molecule has 106 valence electrons. The number of benzene rings is 1. The first kappa shape index (κ1) is 13.3. The molecule has 0 spiro atoms. The average Bonchev–Trinajstić information content (AvgIpc) is 2.73. The Morgan fingerprint density at radius 2 is 1.95 bits per heavy atom. The van der Waals surface area contributed by atoms with Crippen LogP contribution in [0.4, 0.5) is 5.69 Å². The molecule has 3 rings (SSSR count). The van der Waals surface area contributed by atoms with Crippen LogP contribution in [0.5, 0.6) is 0 Å². The second-order valence-corrected chi connectivity index (χ2v) is 5.32. The molecule has 20 heavy (non-hydrogen) atoms. The molecule has 1 aliphatic rings. The number of hydrogen-bond donors (Lipinski definition) is 1. The number of anilines is 1. The summed E-state index contributed by atoms with van der Waals surface area (Å²) in [4.78, 5) is 9.40. The lowest BCUT2D eigenvalue weighted by Crippen LogP contribution is -2.33. The van der Waals surface area contributed by atoms with Crippen molar-refractivity contribution in [2.24, 2.45) is 5.73 Å². The first-order valence-corrected chi connectivity index (χ1v) is 7.39. The smallest absolute Gasteiger partial charge is 0.0722 e. The summed E-state index contributed by atoms with van der Waals surface area (Å²) in [5, 5.41) is 1.25. The lowest BCUT2D eigenvalue weighted by Gasteiger charge is -2.24. The van der Waals surface area contributed by atoms with Crippen molar-refractivity contribution >= 4 is 16.6 Å². The van der Waals surface area contributed by atoms with Gasteiger partial charge in [0.1, 0.15) is 0 Å². The topological polar surface area (TPSA) is 45.4 Å². The van der Waals surface area contributed by atoms with E-state index in [1.54, 1.807) is 0 Å². The number of nitrogens with zero attached hydrogens (tertiary/aromatic N) is 3. The van der Waals surface area contributed by atoms with Gasteiger partial charge in [-0.05, 0) is 25.1 Å². The Hall–Kier alpha value is -1.65. The molecule has 2 heterocycles. The minimum atomic E-state index is 0.748. The fourth-order valence-corrected chi connectivity index (χ4v) is 2.97. The number of rotatable bonds is 3. The molecule has 0 aliphatic carbocycles. The molecule has 1 saturated heterocycles. The molecule has 4 nitrogen and oxygen atoms in total. The van der Waals surface area contributed by atoms with Crippen molar-refractivity contribution in [1.82, 2.24) is 9.88 Å². The summed E-state index contributed by atoms with van der Waals surface area (Å²) in [6.07, 6.45) is 3.11. The predicted molar refractivity (Wildman–Crippen MR) is 84.1 cm³/mol. The molecule has 0 radical (unpaired) electrons. The minimum Gasteiger partial charge on any atom is -0.370 e. The van der Waals surface area contributed by atoms with Gasteiger partial charge < -0.3 is 15.5 Å². The third-order valence-corrected chi connectivity index (χ3v) is 4.00. The van der Waals surface area contributed by atoms with Gasteiger partial charge in [-0.1, -0.05) is 18.2 Å². The SMILES string of the molecule is NCCN1CCCN(c2ccnc3ccccc23)CC1. The summed E-state index contributed by atoms with van der Waals surface area (Å²) in [6, 6.07) is 10.5. The summed E-state index contributed by atoms with van der Waals surface area (Å²) < 4.78 is 0. The molecule has 2 N–H and O–H groups in total. The Morgan fingerprint density at radius 3 is 2.85 bits per heavy atom. The van der Waals surface area contributed by atoms with Gasteiger partial charge in [0.05, 0.1) is 5.52 Å². The van der Waals surface area contributed by atoms with Crippen molar-refractivity contribution in [3.8, 4) is 0 Å². The molecule has 0 bridgehead atoms. The zero-order chi connectivity index (χ0) is 13.8. The van der Waals surface area contributed by atoms with Crippen LogP contribution in [0.1, 0.15) is 6.42 Å².